The number of halogens is 1. The Kier molecular flexibility index (Phi) is 3.60. The van der Waals surface area contributed by atoms with Gasteiger partial charge in [0.05, 0.1) is 5.60 Å². The fraction of sp³-hybridized carbons (Fsp3) is 0.158. The summed E-state index contributed by atoms with van der Waals surface area (Å²) in [5.41, 5.74) is 2.25. The quantitative estimate of drug-likeness (QED) is 0.653. The molecule has 0 fully saturated rings. The lowest BCUT2D eigenvalue weighted by Gasteiger charge is -2.23. The Morgan fingerprint density at radius 3 is 2.33 bits per heavy atom. The summed E-state index contributed by atoms with van der Waals surface area (Å²) in [6.45, 7) is 3.65. The lowest BCUT2D eigenvalue weighted by molar-refractivity contribution is 0.0791. The van der Waals surface area contributed by atoms with Crippen LogP contribution >= 0.6 is 15.9 Å². The van der Waals surface area contributed by atoms with E-state index in [-0.39, 0.29) is 0 Å². The van der Waals surface area contributed by atoms with E-state index < -0.39 is 5.60 Å². The highest BCUT2D eigenvalue weighted by Crippen LogP contribution is 2.37. The lowest BCUT2D eigenvalue weighted by Crippen LogP contribution is -2.16. The molecule has 3 aromatic rings. The number of hydrogen-bond donors (Lipinski definition) is 1. The Balaban J connectivity index is 2.34. The summed E-state index contributed by atoms with van der Waals surface area (Å²) in [5, 5.41) is 12.9. The van der Waals surface area contributed by atoms with Gasteiger partial charge in [-0.3, -0.25) is 0 Å². The second kappa shape index (κ2) is 5.28. The predicted molar refractivity (Wildman–Crippen MR) is 92.3 cm³/mol. The molecule has 106 valence electrons. The first-order chi connectivity index (χ1) is 9.97. The molecule has 3 aromatic carbocycles. The van der Waals surface area contributed by atoms with Crippen molar-refractivity contribution in [2.24, 2.45) is 0 Å². The second-order valence-corrected chi connectivity index (χ2v) is 6.69. The minimum absolute atomic E-state index is 0.893. The molecule has 1 N–H and O–H groups in total. The Labute approximate surface area is 133 Å². The maximum atomic E-state index is 10.5. The van der Waals surface area contributed by atoms with Gasteiger partial charge in [-0.2, -0.15) is 0 Å². The normalized spacial score (nSPS) is 11.8. The van der Waals surface area contributed by atoms with Crippen molar-refractivity contribution in [3.05, 3.63) is 70.7 Å². The van der Waals surface area contributed by atoms with E-state index in [0.717, 1.165) is 21.2 Å². The number of hydrogen-bond acceptors (Lipinski definition) is 1. The van der Waals surface area contributed by atoms with Crippen molar-refractivity contribution in [1.82, 2.24) is 0 Å². The van der Waals surface area contributed by atoms with Gasteiger partial charge < -0.3 is 5.11 Å². The van der Waals surface area contributed by atoms with Gasteiger partial charge in [0.15, 0.2) is 0 Å². The van der Waals surface area contributed by atoms with E-state index in [1.165, 1.54) is 10.8 Å². The smallest absolute Gasteiger partial charge is 0.0846 e. The molecule has 3 rings (SSSR count). The van der Waals surface area contributed by atoms with E-state index >= 15 is 0 Å². The van der Waals surface area contributed by atoms with Crippen LogP contribution < -0.4 is 0 Å². The lowest BCUT2D eigenvalue weighted by atomic mass is 9.88. The fourth-order valence-corrected chi connectivity index (χ4v) is 3.08. The van der Waals surface area contributed by atoms with E-state index in [0.29, 0.717) is 0 Å². The molecule has 0 radical (unpaired) electrons. The zero-order valence-corrected chi connectivity index (χ0v) is 13.7. The van der Waals surface area contributed by atoms with Crippen molar-refractivity contribution in [3.8, 4) is 11.1 Å². The average Bonchev–Trinajstić information content (AvgIpc) is 2.46. The topological polar surface area (TPSA) is 20.2 Å². The third-order valence-electron chi connectivity index (χ3n) is 3.72. The van der Waals surface area contributed by atoms with Crippen molar-refractivity contribution in [2.45, 2.75) is 19.4 Å². The van der Waals surface area contributed by atoms with Crippen molar-refractivity contribution in [2.75, 3.05) is 0 Å². The van der Waals surface area contributed by atoms with Gasteiger partial charge in [0, 0.05) is 4.47 Å². The van der Waals surface area contributed by atoms with Crippen LogP contribution in [0.2, 0.25) is 0 Å². The maximum Gasteiger partial charge on any atom is 0.0846 e. The minimum Gasteiger partial charge on any atom is -0.386 e. The van der Waals surface area contributed by atoms with Crippen LogP contribution in [0.15, 0.2) is 65.1 Å². The number of fused-ring (bicyclic) bond motifs is 1. The molecule has 2 heteroatoms. The van der Waals surface area contributed by atoms with Gasteiger partial charge in [0.1, 0.15) is 0 Å². The SMILES string of the molecule is CC(C)(O)c1cc(Br)ccc1-c1cccc2ccccc12. The van der Waals surface area contributed by atoms with Gasteiger partial charge in [-0.1, -0.05) is 64.5 Å². The molecule has 0 saturated heterocycles. The standard InChI is InChI=1S/C19H17BrO/c1-19(2,21)18-12-14(20)10-11-17(18)16-9-5-7-13-6-3-4-8-15(13)16/h3-12,21H,1-2H3. The zero-order chi connectivity index (χ0) is 15.0. The Morgan fingerprint density at radius 1 is 0.857 bits per heavy atom. The summed E-state index contributed by atoms with van der Waals surface area (Å²) >= 11 is 3.50. The molecule has 0 aliphatic carbocycles. The van der Waals surface area contributed by atoms with Crippen LogP contribution in [0.5, 0.6) is 0 Å². The second-order valence-electron chi connectivity index (χ2n) is 5.78. The molecule has 0 unspecified atom stereocenters. The highest BCUT2D eigenvalue weighted by Gasteiger charge is 2.21. The van der Waals surface area contributed by atoms with Gasteiger partial charge in [0.2, 0.25) is 0 Å². The molecule has 0 bridgehead atoms. The first kappa shape index (κ1) is 14.3. The van der Waals surface area contributed by atoms with Crippen LogP contribution in [-0.4, -0.2) is 5.11 Å². The number of rotatable bonds is 2. The fourth-order valence-electron chi connectivity index (χ4n) is 2.72. The molecule has 0 heterocycles. The molecule has 0 aliphatic rings. The Hall–Kier alpha value is -1.64. The summed E-state index contributed by atoms with van der Waals surface area (Å²) in [7, 11) is 0. The van der Waals surface area contributed by atoms with Gasteiger partial charge in [-0.25, -0.2) is 0 Å². The third kappa shape index (κ3) is 2.74. The number of aliphatic hydroxyl groups is 1. The van der Waals surface area contributed by atoms with Crippen molar-refractivity contribution >= 4 is 26.7 Å². The zero-order valence-electron chi connectivity index (χ0n) is 12.1. The molecule has 0 aliphatic heterocycles. The van der Waals surface area contributed by atoms with E-state index in [2.05, 4.69) is 58.4 Å². The highest BCUT2D eigenvalue weighted by atomic mass is 79.9. The van der Waals surface area contributed by atoms with E-state index in [9.17, 15) is 5.11 Å². The van der Waals surface area contributed by atoms with Crippen molar-refractivity contribution < 1.29 is 5.11 Å². The van der Waals surface area contributed by atoms with Gasteiger partial charge in [-0.15, -0.1) is 0 Å². The van der Waals surface area contributed by atoms with E-state index in [4.69, 9.17) is 0 Å². The third-order valence-corrected chi connectivity index (χ3v) is 4.21. The van der Waals surface area contributed by atoms with Crippen LogP contribution in [0.4, 0.5) is 0 Å². The molecule has 0 spiro atoms. The Bertz CT molecular complexity index is 795. The van der Waals surface area contributed by atoms with Crippen LogP contribution in [0.1, 0.15) is 19.4 Å². The highest BCUT2D eigenvalue weighted by molar-refractivity contribution is 9.10. The molecular weight excluding hydrogens is 324 g/mol. The van der Waals surface area contributed by atoms with Gasteiger partial charge in [0.25, 0.3) is 0 Å². The first-order valence-corrected chi connectivity index (χ1v) is 7.76. The van der Waals surface area contributed by atoms with Gasteiger partial charge in [-0.05, 0) is 53.4 Å². The molecule has 0 aromatic heterocycles. The van der Waals surface area contributed by atoms with Crippen LogP contribution in [0, 0.1) is 0 Å². The number of benzene rings is 3. The first-order valence-electron chi connectivity index (χ1n) is 6.97. The van der Waals surface area contributed by atoms with Crippen LogP contribution in [0.3, 0.4) is 0 Å². The molecule has 0 atom stereocenters. The Morgan fingerprint density at radius 2 is 1.57 bits per heavy atom. The molecule has 1 nitrogen and oxygen atoms in total. The predicted octanol–water partition coefficient (Wildman–Crippen LogP) is 5.50. The summed E-state index contributed by atoms with van der Waals surface area (Å²) < 4.78 is 0.976. The summed E-state index contributed by atoms with van der Waals surface area (Å²) in [5.74, 6) is 0. The molecule has 0 amide bonds. The van der Waals surface area contributed by atoms with E-state index in [1.807, 2.05) is 32.0 Å². The monoisotopic (exact) mass is 340 g/mol. The van der Waals surface area contributed by atoms with Crippen LogP contribution in [-0.2, 0) is 5.60 Å². The van der Waals surface area contributed by atoms with Crippen LogP contribution in [0.25, 0.3) is 21.9 Å². The molecular formula is C19H17BrO. The van der Waals surface area contributed by atoms with Crippen molar-refractivity contribution in [1.29, 1.82) is 0 Å². The average molecular weight is 341 g/mol. The van der Waals surface area contributed by atoms with Crippen molar-refractivity contribution in [3.63, 3.8) is 0 Å². The molecule has 21 heavy (non-hydrogen) atoms. The summed E-state index contributed by atoms with van der Waals surface area (Å²) in [4.78, 5) is 0. The summed E-state index contributed by atoms with van der Waals surface area (Å²) in [6.07, 6.45) is 0. The summed E-state index contributed by atoms with van der Waals surface area (Å²) in [6, 6.07) is 20.7. The minimum atomic E-state index is -0.893. The van der Waals surface area contributed by atoms with Gasteiger partial charge >= 0.3 is 0 Å². The molecule has 0 saturated carbocycles. The maximum absolute atomic E-state index is 10.5. The largest absolute Gasteiger partial charge is 0.386 e. The van der Waals surface area contributed by atoms with E-state index in [1.54, 1.807) is 0 Å².